The van der Waals surface area contributed by atoms with E-state index in [4.69, 9.17) is 24.8 Å². The van der Waals surface area contributed by atoms with E-state index in [1.54, 1.807) is 52.0 Å². The maximum Gasteiger partial charge on any atom is 0.312 e. The number of anilines is 1. The van der Waals surface area contributed by atoms with Gasteiger partial charge in [-0.2, -0.15) is 5.10 Å². The van der Waals surface area contributed by atoms with Gasteiger partial charge in [0, 0.05) is 111 Å². The number of benzene rings is 2. The summed E-state index contributed by atoms with van der Waals surface area (Å²) in [6.45, 7) is 15.4. The van der Waals surface area contributed by atoms with Crippen molar-refractivity contribution in [2.75, 3.05) is 38.6 Å². The van der Waals surface area contributed by atoms with Crippen LogP contribution in [0.2, 0.25) is 0 Å². The topological polar surface area (TPSA) is 288 Å². The standard InChI is InChI=1S/C47H64N4O12.C6H7N3O/c1-24-13-12-14-25(2)46(59)49-37-32(23-48-51-20-18-50(19-21-51)31-15-10-11-16-31)41(56)34-35(42(37)57)40(55)29(6)44-36(34)45(58)47(8,63-44)61-22-17-33(60-9)26(3)43(62-30(7)52)28(5)39(54)27(4)38(24)53;7-9-6(10)5-1-3-8-4-2-5/h12-14,17,22-24,26-28,31,33,38-39,43,53-57H,10-11,15-16,18-21H2,1-9H3,(H,49,59);1-4H,7H2,(H,9,10)/b13-12+,22-17+,25-14-,48-23+;/t24-,26+,27+,28+,33-,38-,39+,43+,47-;/m0./s1. The first-order chi connectivity index (χ1) is 34.6. The molecule has 0 unspecified atom stereocenters. The first-order valence-corrected chi connectivity index (χ1v) is 24.7. The molecule has 4 aliphatic heterocycles. The molecule has 1 saturated heterocycles. The fourth-order valence-corrected chi connectivity index (χ4v) is 10.1. The number of hydrogen-bond acceptors (Lipinski definition) is 18. The minimum absolute atomic E-state index is 0.0631. The number of aromatic nitrogens is 1. The van der Waals surface area contributed by atoms with E-state index in [0.717, 1.165) is 13.1 Å². The molecule has 8 rings (SSSR count). The van der Waals surface area contributed by atoms with Crippen LogP contribution in [0.1, 0.15) is 106 Å². The molecule has 20 nitrogen and oxygen atoms in total. The predicted octanol–water partition coefficient (Wildman–Crippen LogP) is 5.33. The monoisotopic (exact) mass is 1010 g/mol. The van der Waals surface area contributed by atoms with Crippen LogP contribution in [0.5, 0.6) is 23.0 Å². The van der Waals surface area contributed by atoms with E-state index in [2.05, 4.69) is 20.3 Å². The molecule has 1 aliphatic carbocycles. The fourth-order valence-electron chi connectivity index (χ4n) is 10.1. The van der Waals surface area contributed by atoms with Crippen LogP contribution in [0.4, 0.5) is 5.69 Å². The number of hydrazone groups is 1. The maximum absolute atomic E-state index is 14.5. The molecular weight excluding hydrogens is 943 g/mol. The second-order valence-corrected chi connectivity index (χ2v) is 19.5. The lowest BCUT2D eigenvalue weighted by molar-refractivity contribution is -0.160. The van der Waals surface area contributed by atoms with E-state index in [9.17, 15) is 44.7 Å². The number of pyridine rings is 1. The van der Waals surface area contributed by atoms with E-state index in [1.165, 1.54) is 97.5 Å². The number of rotatable bonds is 6. The number of Topliss-reactive ketones (excluding diaryl/α,β-unsaturated/α-hetero) is 1. The average molecular weight is 1010 g/mol. The Labute approximate surface area is 425 Å². The number of nitrogens with zero attached hydrogens (tertiary/aromatic N) is 4. The molecule has 3 aromatic rings. The number of piperazine rings is 1. The van der Waals surface area contributed by atoms with Gasteiger partial charge in [-0.1, -0.05) is 58.8 Å². The molecule has 20 heteroatoms. The van der Waals surface area contributed by atoms with Crippen molar-refractivity contribution in [1.82, 2.24) is 20.3 Å². The van der Waals surface area contributed by atoms with Gasteiger partial charge in [0.1, 0.15) is 23.4 Å². The molecule has 9 N–H and O–H groups in total. The van der Waals surface area contributed by atoms with E-state index < -0.39 is 88.8 Å². The summed E-state index contributed by atoms with van der Waals surface area (Å²) in [6.07, 6.45) is 12.8. The average Bonchev–Trinajstić information content (AvgIpc) is 4.02. The number of phenolic OH excluding ortho intramolecular Hbond substituents is 3. The number of esters is 1. The summed E-state index contributed by atoms with van der Waals surface area (Å²) in [7, 11) is 1.44. The molecule has 2 aromatic carbocycles. The van der Waals surface area contributed by atoms with E-state index >= 15 is 0 Å². The first-order valence-electron chi connectivity index (χ1n) is 24.7. The Balaban J connectivity index is 0.000000775. The summed E-state index contributed by atoms with van der Waals surface area (Å²) in [5.41, 5.74) is 2.23. The number of aliphatic hydroxyl groups excluding tert-OH is 2. The lowest BCUT2D eigenvalue weighted by Crippen LogP contribution is -2.47. The van der Waals surface area contributed by atoms with Gasteiger partial charge in [-0.15, -0.1) is 0 Å². The zero-order valence-electron chi connectivity index (χ0n) is 43.0. The number of nitrogen functional groups attached to an aromatic ring is 1. The van der Waals surface area contributed by atoms with Crippen molar-refractivity contribution >= 4 is 46.2 Å². The minimum Gasteiger partial charge on any atom is -0.507 e. The highest BCUT2D eigenvalue weighted by Crippen LogP contribution is 2.55. The zero-order chi connectivity index (χ0) is 53.5. The number of fused-ring (bicyclic) bond motifs is 14. The third kappa shape index (κ3) is 12.1. The van der Waals surface area contributed by atoms with Crippen molar-refractivity contribution in [3.63, 3.8) is 0 Å². The van der Waals surface area contributed by atoms with Crippen molar-refractivity contribution in [2.45, 2.75) is 117 Å². The number of phenols is 3. The summed E-state index contributed by atoms with van der Waals surface area (Å²) < 4.78 is 23.7. The van der Waals surface area contributed by atoms with E-state index in [0.29, 0.717) is 24.7 Å². The number of nitrogens with two attached hydrogens (primary N) is 1. The van der Waals surface area contributed by atoms with Gasteiger partial charge >= 0.3 is 11.8 Å². The van der Waals surface area contributed by atoms with Crippen molar-refractivity contribution < 1.29 is 63.7 Å². The van der Waals surface area contributed by atoms with Crippen molar-refractivity contribution in [2.24, 2.45) is 34.6 Å². The molecule has 2 fully saturated rings. The van der Waals surface area contributed by atoms with Crippen LogP contribution in [0.25, 0.3) is 10.8 Å². The number of hydrazine groups is 1. The van der Waals surface area contributed by atoms with Crippen LogP contribution in [0, 0.1) is 30.6 Å². The van der Waals surface area contributed by atoms with Gasteiger partial charge in [-0.3, -0.25) is 39.5 Å². The summed E-state index contributed by atoms with van der Waals surface area (Å²) in [4.78, 5) is 57.7. The van der Waals surface area contributed by atoms with E-state index in [-0.39, 0.29) is 50.4 Å². The molecule has 1 saturated carbocycles. The van der Waals surface area contributed by atoms with Crippen LogP contribution in [-0.2, 0) is 23.8 Å². The van der Waals surface area contributed by atoms with Crippen LogP contribution in [-0.4, -0.2) is 140 Å². The fraction of sp³-hybridized carbons (Fsp3) is 0.509. The SMILES string of the molecule is CO[C@H]1/C=C/O[C@@]2(C)Oc3c(C)c(O)c4c(O)c(c(/C=N/N5CCN(C6CCCC6)CC5)c(O)c4c3C2=O)NC(=O)/C(C)=C\C=C\[C@H](C)[C@H](O)[C@@H](C)[C@@H](O)[C@@H](C)[C@H](OC(C)=O)[C@@H]1C.NNC(=O)c1ccncc1. The quantitative estimate of drug-likeness (QED) is 0.0294. The van der Waals surface area contributed by atoms with Gasteiger partial charge in [0.05, 0.1) is 53.0 Å². The normalized spacial score (nSPS) is 29.2. The van der Waals surface area contributed by atoms with Crippen molar-refractivity contribution in [3.8, 4) is 23.0 Å². The van der Waals surface area contributed by atoms with Gasteiger partial charge in [0.15, 0.2) is 5.75 Å². The number of nitrogens with one attached hydrogen (secondary N) is 2. The highest BCUT2D eigenvalue weighted by Gasteiger charge is 2.50. The molecule has 5 aliphatic rings. The maximum atomic E-state index is 14.5. The Hall–Kier alpha value is -6.58. The van der Waals surface area contributed by atoms with Gasteiger partial charge in [0.25, 0.3) is 17.6 Å². The second-order valence-electron chi connectivity index (χ2n) is 19.5. The lowest BCUT2D eigenvalue weighted by atomic mass is 9.78. The number of aliphatic hydroxyl groups is 2. The van der Waals surface area contributed by atoms with Crippen LogP contribution < -0.4 is 21.3 Å². The van der Waals surface area contributed by atoms with Crippen molar-refractivity contribution in [3.05, 3.63) is 82.9 Å². The molecule has 5 bridgehead atoms. The number of ether oxygens (including phenoxy) is 4. The molecule has 73 heavy (non-hydrogen) atoms. The number of amides is 2. The number of methoxy groups -OCH3 is 1. The van der Waals surface area contributed by atoms with Crippen LogP contribution >= 0.6 is 0 Å². The molecule has 1 aromatic heterocycles. The molecule has 2 amide bonds. The molecular formula is C53H71N7O13. The minimum atomic E-state index is -2.04. The largest absolute Gasteiger partial charge is 0.507 e. The highest BCUT2D eigenvalue weighted by molar-refractivity contribution is 6.24. The summed E-state index contributed by atoms with van der Waals surface area (Å²) in [5, 5.41) is 67.6. The molecule has 0 spiro atoms. The van der Waals surface area contributed by atoms with Crippen molar-refractivity contribution in [1.29, 1.82) is 0 Å². The Morgan fingerprint density at radius 3 is 2.21 bits per heavy atom. The predicted molar refractivity (Wildman–Crippen MR) is 273 cm³/mol. The molecule has 396 valence electrons. The Morgan fingerprint density at radius 2 is 1.59 bits per heavy atom. The number of ketones is 1. The third-order valence-corrected chi connectivity index (χ3v) is 14.6. The summed E-state index contributed by atoms with van der Waals surface area (Å²) in [6, 6.07) is 3.72. The highest BCUT2D eigenvalue weighted by atomic mass is 16.7. The van der Waals surface area contributed by atoms with Crippen LogP contribution in [0.3, 0.4) is 0 Å². The van der Waals surface area contributed by atoms with E-state index in [1.807, 2.05) is 10.4 Å². The van der Waals surface area contributed by atoms with Gasteiger partial charge in [0.2, 0.25) is 0 Å². The number of aromatic hydroxyl groups is 3. The molecule has 5 heterocycles. The smallest absolute Gasteiger partial charge is 0.312 e. The number of carbonyl (C=O) groups excluding carboxylic acids is 4. The number of allylic oxidation sites excluding steroid dienone is 2. The first kappa shape index (κ1) is 55.7. The Bertz CT molecular complexity index is 2630. The lowest BCUT2D eigenvalue weighted by Gasteiger charge is -2.38. The van der Waals surface area contributed by atoms with Gasteiger partial charge < -0.3 is 49.8 Å². The number of carbonyl (C=O) groups is 4. The summed E-state index contributed by atoms with van der Waals surface area (Å²) in [5.74, 6) is -3.70. The van der Waals surface area contributed by atoms with Crippen LogP contribution in [0.15, 0.2) is 65.8 Å². The zero-order valence-corrected chi connectivity index (χ0v) is 43.0. The second kappa shape index (κ2) is 24.0. The molecule has 0 radical (unpaired) electrons. The number of hydrogen-bond donors (Lipinski definition) is 8. The van der Waals surface area contributed by atoms with Gasteiger partial charge in [-0.25, -0.2) is 5.84 Å². The van der Waals surface area contributed by atoms with Gasteiger partial charge in [-0.05, 0) is 44.9 Å². The Kier molecular flexibility index (Phi) is 18.3. The summed E-state index contributed by atoms with van der Waals surface area (Å²) >= 11 is 0. The molecule has 9 atom stereocenters. The Morgan fingerprint density at radius 1 is 0.932 bits per heavy atom. The third-order valence-electron chi connectivity index (χ3n) is 14.6.